The zero-order valence-electron chi connectivity index (χ0n) is 8.51. The fourth-order valence-corrected chi connectivity index (χ4v) is 3.11. The minimum absolute atomic E-state index is 0.310. The van der Waals surface area contributed by atoms with Crippen molar-refractivity contribution in [3.05, 3.63) is 30.3 Å². The molecule has 0 aromatic heterocycles. The highest BCUT2D eigenvalue weighted by Crippen LogP contribution is 2.44. The van der Waals surface area contributed by atoms with Crippen molar-refractivity contribution in [1.82, 2.24) is 0 Å². The van der Waals surface area contributed by atoms with Crippen LogP contribution in [-0.4, -0.2) is 12.2 Å². The Morgan fingerprint density at radius 3 is 2.21 bits per heavy atom. The lowest BCUT2D eigenvalue weighted by Crippen LogP contribution is -2.25. The van der Waals surface area contributed by atoms with E-state index in [0.29, 0.717) is 12.2 Å². The van der Waals surface area contributed by atoms with Gasteiger partial charge < -0.3 is 9.05 Å². The third-order valence-electron chi connectivity index (χ3n) is 2.18. The van der Waals surface area contributed by atoms with Crippen LogP contribution in [0.4, 0.5) is 0 Å². The molecule has 14 heavy (non-hydrogen) atoms. The molecule has 1 aliphatic rings. The van der Waals surface area contributed by atoms with E-state index in [4.69, 9.17) is 9.05 Å². The van der Waals surface area contributed by atoms with Crippen LogP contribution >= 0.6 is 8.38 Å². The van der Waals surface area contributed by atoms with Crippen LogP contribution < -0.4 is 5.30 Å². The molecule has 0 saturated carbocycles. The summed E-state index contributed by atoms with van der Waals surface area (Å²) in [5, 5.41) is 1.17. The highest BCUT2D eigenvalue weighted by Gasteiger charge is 2.26. The van der Waals surface area contributed by atoms with Crippen LogP contribution in [0.1, 0.15) is 20.3 Å². The van der Waals surface area contributed by atoms with E-state index in [1.165, 1.54) is 5.30 Å². The van der Waals surface area contributed by atoms with E-state index < -0.39 is 8.38 Å². The number of benzene rings is 1. The summed E-state index contributed by atoms with van der Waals surface area (Å²) in [6, 6.07) is 10.2. The molecule has 0 bridgehead atoms. The summed E-state index contributed by atoms with van der Waals surface area (Å²) in [5.41, 5.74) is 0. The normalized spacial score (nSPS) is 32.9. The highest BCUT2D eigenvalue weighted by molar-refractivity contribution is 7.56. The Labute approximate surface area is 86.2 Å². The van der Waals surface area contributed by atoms with Gasteiger partial charge in [-0.1, -0.05) is 18.2 Å². The zero-order chi connectivity index (χ0) is 9.97. The van der Waals surface area contributed by atoms with Gasteiger partial charge in [0.05, 0.1) is 12.2 Å². The molecular weight excluding hydrogens is 195 g/mol. The average Bonchev–Trinajstić information content (AvgIpc) is 2.18. The first-order valence-corrected chi connectivity index (χ1v) is 6.12. The van der Waals surface area contributed by atoms with Gasteiger partial charge in [0.15, 0.2) is 0 Å². The smallest absolute Gasteiger partial charge is 0.205 e. The van der Waals surface area contributed by atoms with E-state index in [1.807, 2.05) is 18.2 Å². The molecule has 1 aromatic rings. The Morgan fingerprint density at radius 2 is 1.64 bits per heavy atom. The van der Waals surface area contributed by atoms with E-state index in [1.54, 1.807) is 0 Å². The Morgan fingerprint density at radius 1 is 1.07 bits per heavy atom. The van der Waals surface area contributed by atoms with Crippen molar-refractivity contribution in [2.24, 2.45) is 0 Å². The first kappa shape index (κ1) is 10.1. The summed E-state index contributed by atoms with van der Waals surface area (Å²) >= 11 is 0. The first-order chi connectivity index (χ1) is 6.75. The molecular formula is C11H15O2P. The summed E-state index contributed by atoms with van der Waals surface area (Å²) in [6.45, 7) is 4.22. The standard InChI is InChI=1S/C11H15O2P/c1-9-8-10(2)13-14(12-9)11-6-4-3-5-7-11/h3-7,9-10H,8H2,1-2H3/t9-,10-/m1/s1. The lowest BCUT2D eigenvalue weighted by atomic mass is 10.2. The van der Waals surface area contributed by atoms with Gasteiger partial charge in [0, 0.05) is 11.7 Å². The van der Waals surface area contributed by atoms with Crippen molar-refractivity contribution in [1.29, 1.82) is 0 Å². The molecule has 1 aliphatic heterocycles. The van der Waals surface area contributed by atoms with Gasteiger partial charge in [-0.15, -0.1) is 0 Å². The Balaban J connectivity index is 2.11. The van der Waals surface area contributed by atoms with Crippen molar-refractivity contribution in [3.63, 3.8) is 0 Å². The summed E-state index contributed by atoms with van der Waals surface area (Å²) in [5.74, 6) is 0. The first-order valence-electron chi connectivity index (χ1n) is 4.94. The van der Waals surface area contributed by atoms with E-state index in [9.17, 15) is 0 Å². The van der Waals surface area contributed by atoms with Gasteiger partial charge in [0.2, 0.25) is 8.38 Å². The van der Waals surface area contributed by atoms with Gasteiger partial charge in [-0.3, -0.25) is 0 Å². The van der Waals surface area contributed by atoms with Crippen LogP contribution in [0.2, 0.25) is 0 Å². The highest BCUT2D eigenvalue weighted by atomic mass is 31.2. The predicted molar refractivity (Wildman–Crippen MR) is 58.7 cm³/mol. The van der Waals surface area contributed by atoms with Crippen molar-refractivity contribution in [2.75, 3.05) is 0 Å². The Kier molecular flexibility index (Phi) is 3.17. The van der Waals surface area contributed by atoms with E-state index >= 15 is 0 Å². The fourth-order valence-electron chi connectivity index (χ4n) is 1.58. The molecule has 3 heteroatoms. The van der Waals surface area contributed by atoms with Gasteiger partial charge in [-0.2, -0.15) is 0 Å². The lowest BCUT2D eigenvalue weighted by molar-refractivity contribution is 0.0771. The fraction of sp³-hybridized carbons (Fsp3) is 0.455. The minimum Gasteiger partial charge on any atom is -0.327 e. The molecule has 0 radical (unpaired) electrons. The van der Waals surface area contributed by atoms with Crippen molar-refractivity contribution in [2.45, 2.75) is 32.5 Å². The third kappa shape index (κ3) is 2.33. The van der Waals surface area contributed by atoms with E-state index in [2.05, 4.69) is 26.0 Å². The van der Waals surface area contributed by atoms with Gasteiger partial charge in [0.1, 0.15) is 0 Å². The number of hydrogen-bond donors (Lipinski definition) is 0. The zero-order valence-corrected chi connectivity index (χ0v) is 9.41. The van der Waals surface area contributed by atoms with Gasteiger partial charge in [-0.05, 0) is 26.0 Å². The maximum Gasteiger partial charge on any atom is 0.205 e. The van der Waals surface area contributed by atoms with Crippen LogP contribution in [0.5, 0.6) is 0 Å². The summed E-state index contributed by atoms with van der Waals surface area (Å²) in [7, 11) is -0.846. The SMILES string of the molecule is C[C@@H]1C[C@@H](C)OP(c2ccccc2)O1. The second-order valence-electron chi connectivity index (χ2n) is 3.66. The second kappa shape index (κ2) is 4.39. The Bertz CT molecular complexity index is 279. The van der Waals surface area contributed by atoms with Gasteiger partial charge in [-0.25, -0.2) is 0 Å². The monoisotopic (exact) mass is 210 g/mol. The van der Waals surface area contributed by atoms with E-state index in [-0.39, 0.29) is 0 Å². The molecule has 1 aromatic carbocycles. The van der Waals surface area contributed by atoms with E-state index in [0.717, 1.165) is 6.42 Å². The van der Waals surface area contributed by atoms with Crippen LogP contribution in [0.15, 0.2) is 30.3 Å². The maximum absolute atomic E-state index is 5.79. The molecule has 1 fully saturated rings. The van der Waals surface area contributed by atoms with Crippen LogP contribution in [0, 0.1) is 0 Å². The molecule has 2 rings (SSSR count). The van der Waals surface area contributed by atoms with Crippen LogP contribution in [-0.2, 0) is 9.05 Å². The Hall–Kier alpha value is -0.430. The maximum atomic E-state index is 5.79. The lowest BCUT2D eigenvalue weighted by Gasteiger charge is -2.31. The molecule has 0 N–H and O–H groups in total. The minimum atomic E-state index is -0.846. The second-order valence-corrected chi connectivity index (χ2v) is 5.11. The average molecular weight is 210 g/mol. The van der Waals surface area contributed by atoms with Gasteiger partial charge >= 0.3 is 0 Å². The molecule has 1 heterocycles. The molecule has 1 saturated heterocycles. The molecule has 0 amide bonds. The van der Waals surface area contributed by atoms with Crippen molar-refractivity contribution < 1.29 is 9.05 Å². The molecule has 0 spiro atoms. The van der Waals surface area contributed by atoms with Crippen LogP contribution in [0.25, 0.3) is 0 Å². The summed E-state index contributed by atoms with van der Waals surface area (Å²) < 4.78 is 11.6. The number of rotatable bonds is 1. The molecule has 0 aliphatic carbocycles. The third-order valence-corrected chi connectivity index (χ3v) is 4.00. The predicted octanol–water partition coefficient (Wildman–Crippen LogP) is 2.84. The largest absolute Gasteiger partial charge is 0.327 e. The number of hydrogen-bond acceptors (Lipinski definition) is 2. The quantitative estimate of drug-likeness (QED) is 0.663. The molecule has 76 valence electrons. The van der Waals surface area contributed by atoms with Crippen molar-refractivity contribution >= 4 is 13.7 Å². The topological polar surface area (TPSA) is 18.5 Å². The molecule has 2 nitrogen and oxygen atoms in total. The van der Waals surface area contributed by atoms with Crippen LogP contribution in [0.3, 0.4) is 0 Å². The molecule has 0 unspecified atom stereocenters. The summed E-state index contributed by atoms with van der Waals surface area (Å²) in [6.07, 6.45) is 1.61. The molecule has 2 atom stereocenters. The summed E-state index contributed by atoms with van der Waals surface area (Å²) in [4.78, 5) is 0. The van der Waals surface area contributed by atoms with Crippen molar-refractivity contribution in [3.8, 4) is 0 Å². The van der Waals surface area contributed by atoms with Gasteiger partial charge in [0.25, 0.3) is 0 Å².